The molecule has 0 radical (unpaired) electrons. The molecule has 17 heavy (non-hydrogen) atoms. The van der Waals surface area contributed by atoms with Gasteiger partial charge < -0.3 is 10.5 Å². The summed E-state index contributed by atoms with van der Waals surface area (Å²) in [7, 11) is 1.66. The maximum Gasteiger partial charge on any atom is 0.119 e. The fraction of sp³-hybridized carbons (Fsp3) is 0.154. The van der Waals surface area contributed by atoms with Crippen LogP contribution in [0.1, 0.15) is 5.56 Å². The molecule has 4 heteroatoms. The summed E-state index contributed by atoms with van der Waals surface area (Å²) in [5.41, 5.74) is 6.69. The van der Waals surface area contributed by atoms with Crippen molar-refractivity contribution in [2.45, 2.75) is 16.5 Å². The van der Waals surface area contributed by atoms with Crippen molar-refractivity contribution >= 4 is 11.8 Å². The zero-order valence-electron chi connectivity index (χ0n) is 9.59. The molecule has 0 bridgehead atoms. The van der Waals surface area contributed by atoms with Gasteiger partial charge in [-0.15, -0.1) is 0 Å². The number of aromatic nitrogens is 1. The van der Waals surface area contributed by atoms with Gasteiger partial charge in [0.05, 0.1) is 7.11 Å². The monoisotopic (exact) mass is 246 g/mol. The topological polar surface area (TPSA) is 48.1 Å². The summed E-state index contributed by atoms with van der Waals surface area (Å²) in [6.45, 7) is 0.536. The van der Waals surface area contributed by atoms with Gasteiger partial charge in [0.1, 0.15) is 10.8 Å². The molecule has 0 aliphatic heterocycles. The summed E-state index contributed by atoms with van der Waals surface area (Å²) in [6, 6.07) is 11.8. The summed E-state index contributed by atoms with van der Waals surface area (Å²) in [6.07, 6.45) is 1.78. The largest absolute Gasteiger partial charge is 0.497 e. The highest BCUT2D eigenvalue weighted by molar-refractivity contribution is 7.99. The molecular weight excluding hydrogens is 232 g/mol. The fourth-order valence-corrected chi connectivity index (χ4v) is 2.31. The van der Waals surface area contributed by atoms with E-state index in [2.05, 4.69) is 4.98 Å². The molecule has 0 amide bonds. The number of benzene rings is 1. The van der Waals surface area contributed by atoms with Crippen LogP contribution >= 0.6 is 11.8 Å². The van der Waals surface area contributed by atoms with Crippen LogP contribution in [0.15, 0.2) is 52.5 Å². The predicted octanol–water partition coefficient (Wildman–Crippen LogP) is 2.70. The van der Waals surface area contributed by atoms with Gasteiger partial charge in [-0.3, -0.25) is 0 Å². The first-order valence-electron chi connectivity index (χ1n) is 5.28. The van der Waals surface area contributed by atoms with E-state index in [-0.39, 0.29) is 0 Å². The quantitative estimate of drug-likeness (QED) is 0.901. The molecule has 1 heterocycles. The van der Waals surface area contributed by atoms with Gasteiger partial charge in [-0.2, -0.15) is 0 Å². The van der Waals surface area contributed by atoms with E-state index in [9.17, 15) is 0 Å². The minimum absolute atomic E-state index is 0.536. The second kappa shape index (κ2) is 5.70. The second-order valence-electron chi connectivity index (χ2n) is 3.49. The van der Waals surface area contributed by atoms with Gasteiger partial charge >= 0.3 is 0 Å². The van der Waals surface area contributed by atoms with E-state index in [1.54, 1.807) is 25.1 Å². The van der Waals surface area contributed by atoms with Crippen molar-refractivity contribution in [3.05, 3.63) is 48.2 Å². The Morgan fingerprint density at radius 1 is 1.29 bits per heavy atom. The molecule has 0 saturated carbocycles. The van der Waals surface area contributed by atoms with Crippen LogP contribution in [0, 0.1) is 0 Å². The Hall–Kier alpha value is -1.52. The zero-order valence-corrected chi connectivity index (χ0v) is 10.4. The Morgan fingerprint density at radius 3 is 2.94 bits per heavy atom. The van der Waals surface area contributed by atoms with Crippen molar-refractivity contribution in [1.29, 1.82) is 0 Å². The van der Waals surface area contributed by atoms with Crippen molar-refractivity contribution in [1.82, 2.24) is 4.98 Å². The van der Waals surface area contributed by atoms with Gasteiger partial charge in [0.15, 0.2) is 0 Å². The molecule has 0 atom stereocenters. The third kappa shape index (κ3) is 3.22. The SMILES string of the molecule is COc1cccc(Sc2cc(CN)ccn2)c1. The van der Waals surface area contributed by atoms with E-state index >= 15 is 0 Å². The maximum atomic E-state index is 5.60. The van der Waals surface area contributed by atoms with Crippen molar-refractivity contribution in [2.75, 3.05) is 7.11 Å². The summed E-state index contributed by atoms with van der Waals surface area (Å²) >= 11 is 1.60. The first-order chi connectivity index (χ1) is 8.31. The lowest BCUT2D eigenvalue weighted by atomic mass is 10.3. The minimum atomic E-state index is 0.536. The number of nitrogens with two attached hydrogens (primary N) is 1. The number of rotatable bonds is 4. The Morgan fingerprint density at radius 2 is 2.18 bits per heavy atom. The second-order valence-corrected chi connectivity index (χ2v) is 4.58. The molecule has 88 valence electrons. The number of hydrogen-bond acceptors (Lipinski definition) is 4. The van der Waals surface area contributed by atoms with Crippen LogP contribution < -0.4 is 10.5 Å². The molecule has 1 aromatic heterocycles. The highest BCUT2D eigenvalue weighted by Gasteiger charge is 2.01. The zero-order chi connectivity index (χ0) is 12.1. The van der Waals surface area contributed by atoms with Crippen molar-refractivity contribution < 1.29 is 4.74 Å². The van der Waals surface area contributed by atoms with Crippen molar-refractivity contribution in [3.8, 4) is 5.75 Å². The van der Waals surface area contributed by atoms with Gasteiger partial charge in [0, 0.05) is 17.6 Å². The van der Waals surface area contributed by atoms with Gasteiger partial charge in [0.25, 0.3) is 0 Å². The van der Waals surface area contributed by atoms with E-state index in [1.807, 2.05) is 36.4 Å². The molecule has 2 rings (SSSR count). The predicted molar refractivity (Wildman–Crippen MR) is 69.2 cm³/mol. The van der Waals surface area contributed by atoms with Gasteiger partial charge in [-0.1, -0.05) is 17.8 Å². The lowest BCUT2D eigenvalue weighted by Crippen LogP contribution is -1.96. The number of nitrogens with zero attached hydrogens (tertiary/aromatic N) is 1. The normalized spacial score (nSPS) is 10.2. The molecule has 0 spiro atoms. The first-order valence-corrected chi connectivity index (χ1v) is 6.10. The van der Waals surface area contributed by atoms with E-state index < -0.39 is 0 Å². The van der Waals surface area contributed by atoms with Gasteiger partial charge in [-0.05, 0) is 35.9 Å². The number of methoxy groups -OCH3 is 1. The standard InChI is InChI=1S/C13H14N2OS/c1-16-11-3-2-4-12(8-11)17-13-7-10(9-14)5-6-15-13/h2-8H,9,14H2,1H3. The summed E-state index contributed by atoms with van der Waals surface area (Å²) in [5.74, 6) is 0.852. The average Bonchev–Trinajstić information content (AvgIpc) is 2.39. The maximum absolute atomic E-state index is 5.60. The van der Waals surface area contributed by atoms with Crippen molar-refractivity contribution in [3.63, 3.8) is 0 Å². The number of pyridine rings is 1. The highest BCUT2D eigenvalue weighted by atomic mass is 32.2. The Bertz CT molecular complexity index is 457. The molecule has 0 unspecified atom stereocenters. The van der Waals surface area contributed by atoms with Crippen LogP contribution in [-0.4, -0.2) is 12.1 Å². The molecule has 2 aromatic rings. The van der Waals surface area contributed by atoms with E-state index in [0.29, 0.717) is 6.54 Å². The minimum Gasteiger partial charge on any atom is -0.497 e. The van der Waals surface area contributed by atoms with Gasteiger partial charge in [0.2, 0.25) is 0 Å². The summed E-state index contributed by atoms with van der Waals surface area (Å²) in [4.78, 5) is 5.41. The van der Waals surface area contributed by atoms with Gasteiger partial charge in [-0.25, -0.2) is 4.98 Å². The fourth-order valence-electron chi connectivity index (χ4n) is 1.42. The average molecular weight is 246 g/mol. The summed E-state index contributed by atoms with van der Waals surface area (Å²) < 4.78 is 5.18. The Kier molecular flexibility index (Phi) is 4.01. The van der Waals surface area contributed by atoms with Crippen LogP contribution in [0.4, 0.5) is 0 Å². The molecule has 0 fully saturated rings. The third-order valence-corrected chi connectivity index (χ3v) is 3.22. The molecule has 3 nitrogen and oxygen atoms in total. The summed E-state index contributed by atoms with van der Waals surface area (Å²) in [5, 5.41) is 0.946. The Labute approximate surface area is 105 Å². The van der Waals surface area contributed by atoms with Crippen molar-refractivity contribution in [2.24, 2.45) is 5.73 Å². The van der Waals surface area contributed by atoms with E-state index in [0.717, 1.165) is 21.2 Å². The molecule has 0 aliphatic rings. The van der Waals surface area contributed by atoms with E-state index in [1.165, 1.54) is 0 Å². The first kappa shape index (κ1) is 12.0. The lowest BCUT2D eigenvalue weighted by molar-refractivity contribution is 0.413. The van der Waals surface area contributed by atoms with E-state index in [4.69, 9.17) is 10.5 Å². The molecule has 0 saturated heterocycles. The molecular formula is C13H14N2OS. The Balaban J connectivity index is 2.18. The lowest BCUT2D eigenvalue weighted by Gasteiger charge is -2.04. The van der Waals surface area contributed by atoms with Crippen LogP contribution in [0.3, 0.4) is 0 Å². The third-order valence-electron chi connectivity index (χ3n) is 2.30. The van der Waals surface area contributed by atoms with Crippen LogP contribution in [-0.2, 0) is 6.54 Å². The molecule has 0 aliphatic carbocycles. The number of hydrogen-bond donors (Lipinski definition) is 1. The smallest absolute Gasteiger partial charge is 0.119 e. The van der Waals surface area contributed by atoms with Crippen LogP contribution in [0.25, 0.3) is 0 Å². The number of ether oxygens (including phenoxy) is 1. The molecule has 1 aromatic carbocycles. The van der Waals surface area contributed by atoms with Crippen LogP contribution in [0.5, 0.6) is 5.75 Å². The molecule has 2 N–H and O–H groups in total. The highest BCUT2D eigenvalue weighted by Crippen LogP contribution is 2.28. The van der Waals surface area contributed by atoms with Crippen LogP contribution in [0.2, 0.25) is 0 Å².